The minimum Gasteiger partial charge on any atom is -0.497 e. The van der Waals surface area contributed by atoms with Gasteiger partial charge in [-0.25, -0.2) is 4.98 Å². The van der Waals surface area contributed by atoms with Crippen LogP contribution in [0.1, 0.15) is 112 Å². The van der Waals surface area contributed by atoms with Gasteiger partial charge in [0.05, 0.1) is 19.1 Å². The number of aliphatic hydroxyl groups is 1. The van der Waals surface area contributed by atoms with Crippen molar-refractivity contribution in [1.29, 1.82) is 0 Å². The number of aromatic nitrogens is 1. The average molecular weight is 791 g/mol. The Labute approximate surface area is 336 Å². The van der Waals surface area contributed by atoms with Crippen molar-refractivity contribution in [3.8, 4) is 5.75 Å². The van der Waals surface area contributed by atoms with Gasteiger partial charge in [0.1, 0.15) is 22.6 Å². The summed E-state index contributed by atoms with van der Waals surface area (Å²) in [6.07, 6.45) is 3.56. The smallest absolute Gasteiger partial charge is 0.306 e. The fourth-order valence-corrected chi connectivity index (χ4v) is 8.46. The highest BCUT2D eigenvalue weighted by Gasteiger charge is 2.38. The number of nitrogens with zero attached hydrogens (tertiary/aromatic N) is 3. The fraction of sp³-hybridized carbons (Fsp3) is 0.568. The SMILES string of the molecule is CCC(C)C(CC(=O)C1CCCCN1C)C(=O)N(Cc1ccccc1)[C@H](C[C@@H](O)c1nc(C(=O)N[C@@H](Cc2ccc(OC)cc2)C[C@H](C)C(=O)O)cs1)C(C)C. The number of nitrogens with one attached hydrogen (secondary N) is 1. The van der Waals surface area contributed by atoms with Crippen molar-refractivity contribution in [3.05, 3.63) is 81.8 Å². The van der Waals surface area contributed by atoms with E-state index in [0.29, 0.717) is 23.7 Å². The molecule has 1 aliphatic heterocycles. The molecule has 7 atom stereocenters. The van der Waals surface area contributed by atoms with Crippen LogP contribution in [0.25, 0.3) is 0 Å². The van der Waals surface area contributed by atoms with Crippen LogP contribution in [-0.4, -0.2) is 87.4 Å². The van der Waals surface area contributed by atoms with Gasteiger partial charge in [-0.1, -0.05) is 89.9 Å². The molecule has 12 heteroatoms. The van der Waals surface area contributed by atoms with Gasteiger partial charge in [0.15, 0.2) is 5.78 Å². The number of carboxylic acids is 1. The number of ether oxygens (including phenoxy) is 1. The number of thiazole rings is 1. The molecule has 1 saturated heterocycles. The largest absolute Gasteiger partial charge is 0.497 e. The van der Waals surface area contributed by atoms with E-state index in [2.05, 4.69) is 22.1 Å². The quantitative estimate of drug-likeness (QED) is 0.102. The second kappa shape index (κ2) is 21.4. The lowest BCUT2D eigenvalue weighted by molar-refractivity contribution is -0.145. The van der Waals surface area contributed by atoms with Gasteiger partial charge in [-0.3, -0.25) is 24.1 Å². The summed E-state index contributed by atoms with van der Waals surface area (Å²) >= 11 is 1.17. The number of hydrogen-bond donors (Lipinski definition) is 3. The number of amides is 2. The Morgan fingerprint density at radius 2 is 1.70 bits per heavy atom. The molecule has 11 nitrogen and oxygen atoms in total. The molecule has 0 aliphatic carbocycles. The first kappa shape index (κ1) is 44.6. The first-order chi connectivity index (χ1) is 26.7. The topological polar surface area (TPSA) is 149 Å². The third-order valence-electron chi connectivity index (χ3n) is 11.4. The summed E-state index contributed by atoms with van der Waals surface area (Å²) in [5.74, 6) is -1.94. The molecule has 3 N–H and O–H groups in total. The Morgan fingerprint density at radius 3 is 2.30 bits per heavy atom. The minimum atomic E-state index is -1.07. The maximum atomic E-state index is 14.9. The molecule has 1 fully saturated rings. The number of likely N-dealkylation sites (N-methyl/N-ethyl adjacent to an activating group) is 1. The first-order valence-corrected chi connectivity index (χ1v) is 21.0. The van der Waals surface area contributed by atoms with Crippen LogP contribution in [0, 0.1) is 23.7 Å². The molecular formula is C44H62N4O7S. The monoisotopic (exact) mass is 790 g/mol. The Morgan fingerprint density at radius 1 is 1.00 bits per heavy atom. The summed E-state index contributed by atoms with van der Waals surface area (Å²) in [5, 5.41) is 26.3. The van der Waals surface area contributed by atoms with E-state index in [1.807, 2.05) is 87.3 Å². The van der Waals surface area contributed by atoms with Crippen molar-refractivity contribution >= 4 is 34.9 Å². The predicted molar refractivity (Wildman–Crippen MR) is 220 cm³/mol. The number of methoxy groups -OCH3 is 1. The number of hydrogen-bond acceptors (Lipinski definition) is 9. The first-order valence-electron chi connectivity index (χ1n) is 20.1. The molecule has 0 saturated carbocycles. The van der Waals surface area contributed by atoms with Crippen LogP contribution in [0.4, 0.5) is 0 Å². The van der Waals surface area contributed by atoms with Crippen molar-refractivity contribution in [3.63, 3.8) is 0 Å². The fourth-order valence-electron chi connectivity index (χ4n) is 7.66. The lowest BCUT2D eigenvalue weighted by atomic mass is 9.82. The second-order valence-corrected chi connectivity index (χ2v) is 16.8. The van der Waals surface area contributed by atoms with E-state index in [0.717, 1.165) is 43.4 Å². The van der Waals surface area contributed by atoms with Gasteiger partial charge < -0.3 is 25.2 Å². The number of carboxylic acid groups (broad SMARTS) is 1. The number of carbonyl (C=O) groups excluding carboxylic acids is 3. The van der Waals surface area contributed by atoms with Crippen molar-refractivity contribution in [2.75, 3.05) is 20.7 Å². The van der Waals surface area contributed by atoms with Crippen molar-refractivity contribution in [2.24, 2.45) is 23.7 Å². The summed E-state index contributed by atoms with van der Waals surface area (Å²) in [5.41, 5.74) is 2.00. The molecule has 3 aromatic rings. The van der Waals surface area contributed by atoms with Crippen LogP contribution in [0.2, 0.25) is 0 Å². The van der Waals surface area contributed by atoms with E-state index < -0.39 is 41.9 Å². The predicted octanol–water partition coefficient (Wildman–Crippen LogP) is 7.19. The molecule has 0 spiro atoms. The van der Waals surface area contributed by atoms with Crippen LogP contribution >= 0.6 is 11.3 Å². The Bertz CT molecular complexity index is 1720. The van der Waals surface area contributed by atoms with Gasteiger partial charge >= 0.3 is 5.97 Å². The molecule has 2 amide bonds. The van der Waals surface area contributed by atoms with E-state index in [4.69, 9.17) is 4.74 Å². The molecule has 56 heavy (non-hydrogen) atoms. The number of piperidine rings is 1. The van der Waals surface area contributed by atoms with Crippen LogP contribution in [0.15, 0.2) is 60.0 Å². The summed E-state index contributed by atoms with van der Waals surface area (Å²) < 4.78 is 5.26. The van der Waals surface area contributed by atoms with E-state index >= 15 is 0 Å². The van der Waals surface area contributed by atoms with Gasteiger partial charge in [0.2, 0.25) is 5.91 Å². The lowest BCUT2D eigenvalue weighted by Crippen LogP contribution is -2.49. The molecule has 2 heterocycles. The van der Waals surface area contributed by atoms with Crippen LogP contribution in [0.5, 0.6) is 5.75 Å². The van der Waals surface area contributed by atoms with Crippen molar-refractivity contribution < 1.29 is 34.1 Å². The molecule has 2 aromatic carbocycles. The third-order valence-corrected chi connectivity index (χ3v) is 12.3. The Hall–Kier alpha value is -4.13. The number of likely N-dealkylation sites (tertiary alicyclic amines) is 1. The van der Waals surface area contributed by atoms with Gasteiger partial charge in [0.25, 0.3) is 5.91 Å². The molecule has 0 bridgehead atoms. The summed E-state index contributed by atoms with van der Waals surface area (Å²) in [7, 11) is 3.58. The Kier molecular flexibility index (Phi) is 17.0. The zero-order valence-corrected chi connectivity index (χ0v) is 35.0. The van der Waals surface area contributed by atoms with Crippen molar-refractivity contribution in [1.82, 2.24) is 20.1 Å². The highest BCUT2D eigenvalue weighted by Crippen LogP contribution is 2.33. The maximum Gasteiger partial charge on any atom is 0.306 e. The van der Waals surface area contributed by atoms with E-state index in [-0.39, 0.29) is 54.5 Å². The standard InChI is InChI=1S/C44H62N4O7S/c1-8-29(4)35(24-39(49)37-16-12-13-21-47(37)6)43(52)48(26-32-14-10-9-11-15-32)38(28(2)3)25-40(50)42-46-36(27-56-42)41(51)45-33(22-30(5)44(53)54)23-31-17-19-34(55-7)20-18-31/h9-11,14-15,17-20,27-30,33,35,37-38,40,50H,8,12-13,16,21-26H2,1-7H3,(H,45,51)(H,53,54)/t29?,30-,33+,35?,37?,38+,40+/m0/s1. The number of rotatable bonds is 21. The number of ketones is 1. The highest BCUT2D eigenvalue weighted by molar-refractivity contribution is 7.09. The van der Waals surface area contributed by atoms with Gasteiger partial charge in [-0.2, -0.15) is 0 Å². The number of aliphatic carboxylic acids is 1. The minimum absolute atomic E-state index is 0.0246. The maximum absolute atomic E-state index is 14.9. The van der Waals surface area contributed by atoms with Gasteiger partial charge in [0, 0.05) is 42.8 Å². The summed E-state index contributed by atoms with van der Waals surface area (Å²) in [6.45, 7) is 11.0. The lowest BCUT2D eigenvalue weighted by Gasteiger charge is -2.39. The Balaban J connectivity index is 1.55. The van der Waals surface area contributed by atoms with Crippen LogP contribution < -0.4 is 10.1 Å². The molecule has 3 unspecified atom stereocenters. The van der Waals surface area contributed by atoms with Gasteiger partial charge in [-0.15, -0.1) is 11.3 Å². The number of Topliss-reactive ketones (excluding diaryl/α,β-unsaturated/α-hetero) is 1. The molecule has 1 aliphatic rings. The zero-order valence-electron chi connectivity index (χ0n) is 34.1. The summed E-state index contributed by atoms with van der Waals surface area (Å²) in [6, 6.07) is 16.1. The molecule has 0 radical (unpaired) electrons. The highest BCUT2D eigenvalue weighted by atomic mass is 32.1. The van der Waals surface area contributed by atoms with Crippen LogP contribution in [0.3, 0.4) is 0 Å². The molecular weight excluding hydrogens is 729 g/mol. The second-order valence-electron chi connectivity index (χ2n) is 15.9. The number of carbonyl (C=O) groups is 4. The molecule has 4 rings (SSSR count). The number of aliphatic hydroxyl groups excluding tert-OH is 1. The van der Waals surface area contributed by atoms with Crippen molar-refractivity contribution in [2.45, 2.75) is 117 Å². The molecule has 1 aromatic heterocycles. The normalized spacial score (nSPS) is 18.0. The van der Waals surface area contributed by atoms with E-state index in [1.165, 1.54) is 11.3 Å². The van der Waals surface area contributed by atoms with Gasteiger partial charge in [-0.05, 0) is 74.4 Å². The van der Waals surface area contributed by atoms with E-state index in [9.17, 15) is 29.4 Å². The zero-order chi connectivity index (χ0) is 40.9. The van der Waals surface area contributed by atoms with Crippen LogP contribution in [-0.2, 0) is 27.3 Å². The summed E-state index contributed by atoms with van der Waals surface area (Å²) in [4.78, 5) is 62.5. The van der Waals surface area contributed by atoms with E-state index in [1.54, 1.807) is 19.4 Å². The molecule has 306 valence electrons. The average Bonchev–Trinajstić information content (AvgIpc) is 3.69. The number of benzene rings is 2. The third kappa shape index (κ3) is 12.4.